The highest BCUT2D eigenvalue weighted by atomic mass is 32.2. The first-order valence-electron chi connectivity index (χ1n) is 8.27. The zero-order valence-electron chi connectivity index (χ0n) is 15.4. The third-order valence-corrected chi connectivity index (χ3v) is 5.19. The number of aromatic nitrogens is 4. The predicted octanol–water partition coefficient (Wildman–Crippen LogP) is 2.15. The molecule has 0 atom stereocenters. The van der Waals surface area contributed by atoms with Gasteiger partial charge in [0, 0.05) is 7.05 Å². The lowest BCUT2D eigenvalue weighted by Crippen LogP contribution is -2.23. The van der Waals surface area contributed by atoms with Crippen LogP contribution in [0, 0.1) is 24.0 Å². The van der Waals surface area contributed by atoms with Crippen molar-refractivity contribution in [2.45, 2.75) is 18.9 Å². The van der Waals surface area contributed by atoms with Gasteiger partial charge in [0.15, 0.2) is 5.03 Å². The van der Waals surface area contributed by atoms with Gasteiger partial charge in [-0.05, 0) is 26.0 Å². The molecule has 11 heteroatoms. The monoisotopic (exact) mass is 402 g/mol. The van der Waals surface area contributed by atoms with E-state index in [1.54, 1.807) is 30.8 Å². The summed E-state index contributed by atoms with van der Waals surface area (Å²) < 4.78 is 3.11. The summed E-state index contributed by atoms with van der Waals surface area (Å²) in [5.41, 5.74) is 1.25. The van der Waals surface area contributed by atoms with Crippen molar-refractivity contribution in [1.29, 1.82) is 0 Å². The van der Waals surface area contributed by atoms with E-state index in [9.17, 15) is 19.7 Å². The van der Waals surface area contributed by atoms with E-state index in [0.717, 1.165) is 11.8 Å². The van der Waals surface area contributed by atoms with Gasteiger partial charge in [-0.2, -0.15) is 5.10 Å². The van der Waals surface area contributed by atoms with Crippen molar-refractivity contribution in [3.8, 4) is 5.69 Å². The Morgan fingerprint density at radius 1 is 1.32 bits per heavy atom. The second-order valence-corrected chi connectivity index (χ2v) is 7.00. The molecule has 0 aliphatic heterocycles. The fourth-order valence-corrected chi connectivity index (χ4v) is 3.55. The molecule has 2 aromatic heterocycles. The first-order valence-corrected chi connectivity index (χ1v) is 9.25. The number of nitrogens with zero attached hydrogens (tertiary/aromatic N) is 4. The van der Waals surface area contributed by atoms with Crippen LogP contribution >= 0.6 is 11.8 Å². The van der Waals surface area contributed by atoms with Crippen molar-refractivity contribution in [2.24, 2.45) is 7.05 Å². The normalized spacial score (nSPS) is 10.8. The van der Waals surface area contributed by atoms with Gasteiger partial charge >= 0.3 is 5.69 Å². The van der Waals surface area contributed by atoms with Crippen LogP contribution in [0.2, 0.25) is 0 Å². The molecule has 2 heterocycles. The zero-order chi connectivity index (χ0) is 20.4. The van der Waals surface area contributed by atoms with Crippen molar-refractivity contribution in [2.75, 3.05) is 11.1 Å². The summed E-state index contributed by atoms with van der Waals surface area (Å²) in [7, 11) is 1.73. The van der Waals surface area contributed by atoms with Crippen LogP contribution in [0.5, 0.6) is 0 Å². The fourth-order valence-electron chi connectivity index (χ4n) is 2.74. The number of carbonyl (C=O) groups excluding carboxylic acids is 1. The van der Waals surface area contributed by atoms with Crippen LogP contribution in [-0.4, -0.2) is 36.1 Å². The Morgan fingerprint density at radius 2 is 2.00 bits per heavy atom. The molecule has 2 N–H and O–H groups in total. The molecule has 0 saturated heterocycles. The van der Waals surface area contributed by atoms with Crippen LogP contribution in [0.15, 0.2) is 40.2 Å². The van der Waals surface area contributed by atoms with Crippen LogP contribution in [-0.2, 0) is 11.8 Å². The van der Waals surface area contributed by atoms with Gasteiger partial charge in [0.25, 0.3) is 5.56 Å². The third kappa shape index (κ3) is 3.56. The maximum absolute atomic E-state index is 12.8. The number of nitro groups is 1. The average Bonchev–Trinajstić information content (AvgIpc) is 3.13. The smallest absolute Gasteiger partial charge is 0.319 e. The molecule has 0 radical (unpaired) electrons. The average molecular weight is 402 g/mol. The Kier molecular flexibility index (Phi) is 5.36. The number of thioether (sulfide) groups is 1. The van der Waals surface area contributed by atoms with E-state index in [1.165, 1.54) is 11.6 Å². The number of benzene rings is 1. The summed E-state index contributed by atoms with van der Waals surface area (Å²) in [5.74, 6) is -0.574. The number of aryl methyl sites for hydroxylation is 1. The van der Waals surface area contributed by atoms with Crippen molar-refractivity contribution < 1.29 is 9.72 Å². The van der Waals surface area contributed by atoms with Crippen LogP contribution in [0.25, 0.3) is 5.69 Å². The number of nitrogens with one attached hydrogen (secondary N) is 2. The first-order chi connectivity index (χ1) is 13.3. The highest BCUT2D eigenvalue weighted by Gasteiger charge is 2.23. The first kappa shape index (κ1) is 19.4. The molecular formula is C17H18N6O4S. The van der Waals surface area contributed by atoms with E-state index in [2.05, 4.69) is 15.5 Å². The van der Waals surface area contributed by atoms with Gasteiger partial charge in [-0.1, -0.05) is 30.0 Å². The number of para-hydroxylation sites is 1. The minimum absolute atomic E-state index is 0.121. The van der Waals surface area contributed by atoms with Gasteiger partial charge in [-0.25, -0.2) is 4.68 Å². The lowest BCUT2D eigenvalue weighted by molar-refractivity contribution is -0.388. The fraction of sp³-hybridized carbons (Fsp3) is 0.235. The summed E-state index contributed by atoms with van der Waals surface area (Å²) in [6.07, 6.45) is 0. The Balaban J connectivity index is 1.79. The van der Waals surface area contributed by atoms with Crippen LogP contribution in [0.4, 0.5) is 11.4 Å². The lowest BCUT2D eigenvalue weighted by Gasteiger charge is -2.07. The minimum atomic E-state index is -0.543. The minimum Gasteiger partial charge on any atom is -0.319 e. The number of hydrogen-bond acceptors (Lipinski definition) is 6. The quantitative estimate of drug-likeness (QED) is 0.369. The van der Waals surface area contributed by atoms with Crippen molar-refractivity contribution in [1.82, 2.24) is 19.6 Å². The van der Waals surface area contributed by atoms with Gasteiger partial charge in [0.2, 0.25) is 5.91 Å². The number of aromatic amines is 1. The number of rotatable bonds is 6. The Hall–Kier alpha value is -3.34. The molecule has 0 aliphatic rings. The summed E-state index contributed by atoms with van der Waals surface area (Å²) in [6.45, 7) is 3.26. The summed E-state index contributed by atoms with van der Waals surface area (Å²) in [6, 6.07) is 9.07. The zero-order valence-corrected chi connectivity index (χ0v) is 16.2. The molecule has 0 bridgehead atoms. The second kappa shape index (κ2) is 7.72. The SMILES string of the molecule is Cc1[nH]nc(SCC(=O)Nc2c(C)n(C)n(-c3ccccc3)c2=O)c1[N+](=O)[O-]. The van der Waals surface area contributed by atoms with E-state index in [-0.39, 0.29) is 27.7 Å². The van der Waals surface area contributed by atoms with Gasteiger partial charge in [-0.15, -0.1) is 0 Å². The molecule has 3 aromatic rings. The molecular weight excluding hydrogens is 384 g/mol. The van der Waals surface area contributed by atoms with Gasteiger partial charge in [0.1, 0.15) is 11.4 Å². The second-order valence-electron chi connectivity index (χ2n) is 6.03. The Labute approximate surface area is 163 Å². The topological polar surface area (TPSA) is 128 Å². The van der Waals surface area contributed by atoms with E-state index < -0.39 is 10.8 Å². The maximum Gasteiger partial charge on any atom is 0.323 e. The lowest BCUT2D eigenvalue weighted by atomic mass is 10.3. The van der Waals surface area contributed by atoms with E-state index in [4.69, 9.17) is 0 Å². The molecule has 28 heavy (non-hydrogen) atoms. The molecule has 0 fully saturated rings. The predicted molar refractivity (Wildman–Crippen MR) is 105 cm³/mol. The molecule has 0 aliphatic carbocycles. The number of anilines is 1. The van der Waals surface area contributed by atoms with Crippen molar-refractivity contribution in [3.05, 3.63) is 62.2 Å². The molecule has 10 nitrogen and oxygen atoms in total. The van der Waals surface area contributed by atoms with E-state index in [1.807, 2.05) is 18.2 Å². The third-order valence-electron chi connectivity index (χ3n) is 4.22. The molecule has 0 spiro atoms. The highest BCUT2D eigenvalue weighted by molar-refractivity contribution is 8.00. The van der Waals surface area contributed by atoms with E-state index in [0.29, 0.717) is 17.1 Å². The largest absolute Gasteiger partial charge is 0.323 e. The number of H-pyrrole nitrogens is 1. The van der Waals surface area contributed by atoms with Crippen LogP contribution < -0.4 is 10.9 Å². The van der Waals surface area contributed by atoms with Crippen molar-refractivity contribution >= 4 is 29.0 Å². The maximum atomic E-state index is 12.8. The molecule has 0 unspecified atom stereocenters. The molecule has 1 aromatic carbocycles. The highest BCUT2D eigenvalue weighted by Crippen LogP contribution is 2.29. The summed E-state index contributed by atoms with van der Waals surface area (Å²) in [4.78, 5) is 35.7. The summed E-state index contributed by atoms with van der Waals surface area (Å²) >= 11 is 0.931. The number of amides is 1. The molecule has 146 valence electrons. The van der Waals surface area contributed by atoms with Gasteiger partial charge < -0.3 is 5.32 Å². The Morgan fingerprint density at radius 3 is 2.64 bits per heavy atom. The van der Waals surface area contributed by atoms with Gasteiger partial charge in [-0.3, -0.25) is 29.5 Å². The molecule has 1 amide bonds. The number of carbonyl (C=O) groups is 1. The van der Waals surface area contributed by atoms with Gasteiger partial charge in [0.05, 0.1) is 22.1 Å². The van der Waals surface area contributed by atoms with E-state index >= 15 is 0 Å². The summed E-state index contributed by atoms with van der Waals surface area (Å²) in [5, 5.41) is 20.2. The molecule has 3 rings (SSSR count). The standard InChI is InChI=1S/C17H18N6O4S/c1-10-15(23(26)27)16(20-19-10)28-9-13(24)18-14-11(2)21(3)22(17(14)25)12-7-5-4-6-8-12/h4-8H,9H2,1-3H3,(H,18,24)(H,19,20). The Bertz CT molecular complexity index is 1100. The van der Waals surface area contributed by atoms with Crippen LogP contribution in [0.3, 0.4) is 0 Å². The van der Waals surface area contributed by atoms with Crippen molar-refractivity contribution in [3.63, 3.8) is 0 Å². The molecule has 0 saturated carbocycles. The van der Waals surface area contributed by atoms with Crippen LogP contribution in [0.1, 0.15) is 11.4 Å². The number of hydrogen-bond donors (Lipinski definition) is 2.